The predicted molar refractivity (Wildman–Crippen MR) is 144 cm³/mol. The minimum atomic E-state index is -0.474. The summed E-state index contributed by atoms with van der Waals surface area (Å²) in [7, 11) is 0. The van der Waals surface area contributed by atoms with Gasteiger partial charge in [-0.05, 0) is 96.9 Å². The Morgan fingerprint density at radius 2 is 1.87 bits per heavy atom. The third-order valence-corrected chi connectivity index (χ3v) is 8.32. The van der Waals surface area contributed by atoms with E-state index in [-0.39, 0.29) is 23.6 Å². The van der Waals surface area contributed by atoms with Crippen LogP contribution in [0.15, 0.2) is 35.4 Å². The number of esters is 1. The lowest BCUT2D eigenvalue weighted by Crippen LogP contribution is -2.40. The molecular formula is C30H45FN2O5. The van der Waals surface area contributed by atoms with Gasteiger partial charge in [0.15, 0.2) is 11.6 Å². The van der Waals surface area contributed by atoms with E-state index < -0.39 is 17.1 Å². The zero-order valence-electron chi connectivity index (χ0n) is 23.5. The summed E-state index contributed by atoms with van der Waals surface area (Å²) in [6.07, 6.45) is 10.7. The van der Waals surface area contributed by atoms with Crippen molar-refractivity contribution in [3.63, 3.8) is 0 Å². The summed E-state index contributed by atoms with van der Waals surface area (Å²) in [6.45, 7) is 11.1. The second kappa shape index (κ2) is 11.9. The van der Waals surface area contributed by atoms with E-state index in [1.54, 1.807) is 11.0 Å². The molecule has 2 aliphatic carbocycles. The van der Waals surface area contributed by atoms with Crippen molar-refractivity contribution in [1.29, 1.82) is 0 Å². The Bertz CT molecular complexity index is 976. The summed E-state index contributed by atoms with van der Waals surface area (Å²) in [5.74, 6) is 0.242. The van der Waals surface area contributed by atoms with Crippen LogP contribution in [0, 0.1) is 17.3 Å². The molecule has 0 aromatic heterocycles. The number of aliphatic hydroxyl groups is 1. The van der Waals surface area contributed by atoms with Gasteiger partial charge in [-0.2, -0.15) is 0 Å². The number of rotatable bonds is 7. The number of hydrogen-bond acceptors (Lipinski definition) is 6. The normalized spacial score (nSPS) is 29.4. The van der Waals surface area contributed by atoms with Gasteiger partial charge >= 0.3 is 5.97 Å². The van der Waals surface area contributed by atoms with Crippen LogP contribution in [0.3, 0.4) is 0 Å². The number of aliphatic hydroxyl groups excluding tert-OH is 1. The molecule has 2 saturated heterocycles. The highest BCUT2D eigenvalue weighted by Crippen LogP contribution is 2.44. The first-order valence-electron chi connectivity index (χ1n) is 14.2. The van der Waals surface area contributed by atoms with Crippen LogP contribution in [-0.2, 0) is 19.1 Å². The largest absolute Gasteiger partial charge is 0.491 e. The summed E-state index contributed by atoms with van der Waals surface area (Å²) in [6, 6.07) is 0. The van der Waals surface area contributed by atoms with Crippen molar-refractivity contribution in [1.82, 2.24) is 9.80 Å². The van der Waals surface area contributed by atoms with Crippen molar-refractivity contribution in [2.45, 2.75) is 84.3 Å². The number of halogens is 1. The molecule has 0 spiro atoms. The van der Waals surface area contributed by atoms with Gasteiger partial charge in [0.2, 0.25) is 5.91 Å². The van der Waals surface area contributed by atoms with E-state index in [4.69, 9.17) is 9.47 Å². The Kier molecular flexibility index (Phi) is 9.03. The number of hydrogen-bond donors (Lipinski definition) is 1. The van der Waals surface area contributed by atoms with Gasteiger partial charge in [-0.25, -0.2) is 4.39 Å². The zero-order chi connectivity index (χ0) is 27.5. The molecule has 8 heteroatoms. The molecule has 38 heavy (non-hydrogen) atoms. The summed E-state index contributed by atoms with van der Waals surface area (Å²) in [4.78, 5) is 28.8. The highest BCUT2D eigenvalue weighted by molar-refractivity contribution is 5.79. The quantitative estimate of drug-likeness (QED) is 0.384. The van der Waals surface area contributed by atoms with Crippen molar-refractivity contribution < 1.29 is 28.6 Å². The maximum atomic E-state index is 15.1. The average molecular weight is 533 g/mol. The molecule has 1 N–H and O–H groups in total. The molecule has 212 valence electrons. The van der Waals surface area contributed by atoms with Gasteiger partial charge in [-0.15, -0.1) is 0 Å². The van der Waals surface area contributed by atoms with Crippen molar-refractivity contribution in [2.24, 2.45) is 17.3 Å². The lowest BCUT2D eigenvalue weighted by Gasteiger charge is -2.36. The molecular weight excluding hydrogens is 487 g/mol. The molecule has 2 fully saturated rings. The van der Waals surface area contributed by atoms with E-state index in [1.165, 1.54) is 5.57 Å². The van der Waals surface area contributed by atoms with Crippen LogP contribution in [0.5, 0.6) is 0 Å². The van der Waals surface area contributed by atoms with Gasteiger partial charge < -0.3 is 19.5 Å². The van der Waals surface area contributed by atoms with Gasteiger partial charge in [0.1, 0.15) is 5.60 Å². The highest BCUT2D eigenvalue weighted by atomic mass is 19.1. The molecule has 0 saturated carbocycles. The number of amides is 1. The average Bonchev–Trinajstić information content (AvgIpc) is 3.29. The summed E-state index contributed by atoms with van der Waals surface area (Å²) in [5, 5.41) is 9.74. The summed E-state index contributed by atoms with van der Waals surface area (Å²) < 4.78 is 26.5. The van der Waals surface area contributed by atoms with E-state index in [0.29, 0.717) is 57.2 Å². The van der Waals surface area contributed by atoms with E-state index in [0.717, 1.165) is 38.8 Å². The maximum Gasteiger partial charge on any atom is 0.320 e. The first-order valence-corrected chi connectivity index (χ1v) is 14.2. The molecule has 7 nitrogen and oxygen atoms in total. The van der Waals surface area contributed by atoms with Crippen LogP contribution in [0.25, 0.3) is 0 Å². The second-order valence-electron chi connectivity index (χ2n) is 12.7. The number of β-amino-alcohol motifs (C(OH)–C–C–N with tert-alkyl or cyclic N) is 1. The minimum Gasteiger partial charge on any atom is -0.491 e. The van der Waals surface area contributed by atoms with Gasteiger partial charge in [-0.3, -0.25) is 14.5 Å². The van der Waals surface area contributed by atoms with Crippen LogP contribution in [0.2, 0.25) is 0 Å². The third kappa shape index (κ3) is 7.47. The first kappa shape index (κ1) is 28.8. The molecule has 0 aromatic carbocycles. The van der Waals surface area contributed by atoms with E-state index >= 15 is 4.39 Å². The van der Waals surface area contributed by atoms with Crippen molar-refractivity contribution >= 4 is 11.9 Å². The Balaban J connectivity index is 1.22. The topological polar surface area (TPSA) is 79.3 Å². The SMILES string of the molecule is CC(C)(C)OC(=O)CN1CCC(COC2=CCC(C)(C3=CCC(C(=O)N4CC[C@H](O)C4)CC3)C=C2F)CC1. The fraction of sp³-hybridized carbons (Fsp3) is 0.733. The third-order valence-electron chi connectivity index (χ3n) is 8.32. The van der Waals surface area contributed by atoms with E-state index in [1.807, 2.05) is 26.8 Å². The van der Waals surface area contributed by atoms with Crippen LogP contribution in [-0.4, -0.2) is 77.8 Å². The maximum absolute atomic E-state index is 15.1. The first-order chi connectivity index (χ1) is 17.9. The number of piperidine rings is 1. The van der Waals surface area contributed by atoms with Gasteiger partial charge in [0.25, 0.3) is 0 Å². The summed E-state index contributed by atoms with van der Waals surface area (Å²) in [5.41, 5.74) is 0.311. The number of carbonyl (C=O) groups excluding carboxylic acids is 2. The van der Waals surface area contributed by atoms with Crippen LogP contribution < -0.4 is 0 Å². The highest BCUT2D eigenvalue weighted by Gasteiger charge is 2.36. The molecule has 2 aliphatic heterocycles. The monoisotopic (exact) mass is 532 g/mol. The molecule has 4 rings (SSSR count). The molecule has 2 heterocycles. The predicted octanol–water partition coefficient (Wildman–Crippen LogP) is 4.52. The second-order valence-corrected chi connectivity index (χ2v) is 12.7. The number of ether oxygens (including phenoxy) is 2. The molecule has 0 bridgehead atoms. The van der Waals surface area contributed by atoms with Gasteiger partial charge in [-0.1, -0.05) is 18.6 Å². The number of carbonyl (C=O) groups is 2. The Hall–Kier alpha value is -2.19. The lowest BCUT2D eigenvalue weighted by atomic mass is 9.71. The summed E-state index contributed by atoms with van der Waals surface area (Å²) >= 11 is 0. The van der Waals surface area contributed by atoms with E-state index in [2.05, 4.69) is 17.9 Å². The van der Waals surface area contributed by atoms with Crippen molar-refractivity contribution in [2.75, 3.05) is 39.3 Å². The molecule has 4 aliphatic rings. The Labute approximate surface area is 226 Å². The fourth-order valence-electron chi connectivity index (χ4n) is 6.02. The molecule has 1 amide bonds. The number of likely N-dealkylation sites (tertiary alicyclic amines) is 2. The van der Waals surface area contributed by atoms with E-state index in [9.17, 15) is 14.7 Å². The Morgan fingerprint density at radius 1 is 1.13 bits per heavy atom. The van der Waals surface area contributed by atoms with Crippen molar-refractivity contribution in [3.05, 3.63) is 35.4 Å². The zero-order valence-corrected chi connectivity index (χ0v) is 23.5. The van der Waals surface area contributed by atoms with Gasteiger partial charge in [0, 0.05) is 24.4 Å². The van der Waals surface area contributed by atoms with Crippen LogP contribution >= 0.6 is 0 Å². The number of allylic oxidation sites excluding steroid dienone is 5. The lowest BCUT2D eigenvalue weighted by molar-refractivity contribution is -0.156. The molecule has 0 aromatic rings. The fourth-order valence-corrected chi connectivity index (χ4v) is 6.02. The smallest absolute Gasteiger partial charge is 0.320 e. The van der Waals surface area contributed by atoms with Crippen LogP contribution in [0.1, 0.15) is 72.6 Å². The van der Waals surface area contributed by atoms with Crippen molar-refractivity contribution in [3.8, 4) is 0 Å². The van der Waals surface area contributed by atoms with Gasteiger partial charge in [0.05, 0.1) is 19.3 Å². The molecule has 0 radical (unpaired) electrons. The molecule has 3 atom stereocenters. The number of nitrogens with zero attached hydrogens (tertiary/aromatic N) is 2. The standard InChI is InChI=1S/C30H45FN2O5/c1-29(2,3)38-27(35)19-32-14-10-21(11-15-32)20-37-26-9-13-30(4,17-25(26)31)23-7-5-22(6-8-23)28(36)33-16-12-24(34)18-33/h7,9,17,21-22,24,34H,5-6,8,10-16,18-20H2,1-4H3/t22?,24-,30?/m0/s1. The van der Waals surface area contributed by atoms with Crippen LogP contribution in [0.4, 0.5) is 4.39 Å². The molecule has 2 unspecified atom stereocenters. The Morgan fingerprint density at radius 3 is 2.45 bits per heavy atom. The minimum absolute atomic E-state index is 0.0462.